The van der Waals surface area contributed by atoms with Crippen molar-refractivity contribution in [3.8, 4) is 0 Å². The minimum atomic E-state index is -1.45. The molecule has 2 aromatic rings. The highest BCUT2D eigenvalue weighted by Crippen LogP contribution is 2.35. The van der Waals surface area contributed by atoms with Crippen molar-refractivity contribution >= 4 is 105 Å². The molecule has 9 amide bonds. The lowest BCUT2D eigenvalue weighted by Crippen LogP contribution is -2.54. The van der Waals surface area contributed by atoms with Crippen LogP contribution in [-0.2, 0) is 80.0 Å². The number of carbonyl (C=O) groups excluding carboxylic acids is 14. The number of thioether (sulfide) groups is 1. The molecule has 1 saturated heterocycles. The van der Waals surface area contributed by atoms with Crippen LogP contribution in [0.3, 0.4) is 0 Å². The van der Waals surface area contributed by atoms with Crippen molar-refractivity contribution in [3.05, 3.63) is 41.5 Å². The fraction of sp³-hybridized carbons (Fsp3) is 0.586. The molecule has 0 aliphatic carbocycles. The summed E-state index contributed by atoms with van der Waals surface area (Å²) in [6.45, 7) is 7.74. The fourth-order valence-electron chi connectivity index (χ4n) is 10.8. The molecule has 0 radical (unpaired) electrons. The Hall–Kier alpha value is -7.41. The van der Waals surface area contributed by atoms with Crippen molar-refractivity contribution in [2.45, 2.75) is 160 Å². The first kappa shape index (κ1) is 64.8. The van der Waals surface area contributed by atoms with Gasteiger partial charge in [0.05, 0.1) is 41.7 Å². The molecule has 6 rings (SSSR count). The summed E-state index contributed by atoms with van der Waals surface area (Å²) in [5.41, 5.74) is 7.19. The quantitative estimate of drug-likeness (QED) is 0.0754. The topological polar surface area (TPSA) is 368 Å². The number of amides is 9. The summed E-state index contributed by atoms with van der Waals surface area (Å²) >= 11 is 1.07. The van der Waals surface area contributed by atoms with Gasteiger partial charge in [0.15, 0.2) is 17.3 Å². The molecule has 25 heteroatoms. The standard InChI is InChI=1S/C58H77N9O15S/c1-6-30(3)52-44(71)12-13-48(75)62-42-29-83-57-40(39-21-33(10-11-41(39)63-57)20-36(68)9-8-17-60-54(79)32(5)19-37(69)16-18-66-50(77)14-15-51(66)78)22-34(55(80)61-27-49(76)64-52)23-46(73)53(31(4)7-2)65-56(81)43-26-38(70)28-67(43)58(82)35(24-45(42)72)25-47(59)74/h10-11,14-15,21,30-32,34-35,38,42-43,52-53,63,70H,6-9,12-13,16-20,22-29H2,1-5H3,(H2,59,74)(H,60,79)(H,61,80)(H,62,75)(H,64,76)(H,65,81)/t30-,31?,32?,34-,35-,38+,42-,43-,52-,53-/m0/s1. The van der Waals surface area contributed by atoms with Crippen molar-refractivity contribution in [1.29, 1.82) is 0 Å². The molecule has 5 heterocycles. The first-order valence-electron chi connectivity index (χ1n) is 28.5. The van der Waals surface area contributed by atoms with Gasteiger partial charge >= 0.3 is 0 Å². The van der Waals surface area contributed by atoms with E-state index >= 15 is 0 Å². The Morgan fingerprint density at radius 3 is 2.16 bits per heavy atom. The lowest BCUT2D eigenvalue weighted by atomic mass is 9.86. The SMILES string of the molecule is CCC(C)[C@@H]1NC(=O)[C@@H]2C[C@@H](O)CN2C(=O)[C@H](CC(N)=O)CC(=O)[C@@H]2CSc3[nH]c4ccc(CC(=O)CCCNC(=O)C(C)CC(=O)CCN5C(=O)C=CC5=O)cc4c3C[C@@H](CC1=O)C(=O)NCC(=O)N[C@@H]([C@@H](C)CC)C(=O)CCC(=O)N2. The number of rotatable bonds is 18. The van der Waals surface area contributed by atoms with Gasteiger partial charge in [-0.1, -0.05) is 53.5 Å². The number of nitrogens with one attached hydrogen (secondary N) is 6. The third-order valence-electron chi connectivity index (χ3n) is 16.0. The number of fused-ring (bicyclic) bond motifs is 5. The van der Waals surface area contributed by atoms with Gasteiger partial charge in [-0.3, -0.25) is 72.0 Å². The van der Waals surface area contributed by atoms with Crippen molar-refractivity contribution < 1.29 is 72.2 Å². The maximum Gasteiger partial charge on any atom is 0.253 e. The van der Waals surface area contributed by atoms with E-state index in [0.717, 1.165) is 33.7 Å². The third kappa shape index (κ3) is 17.6. The van der Waals surface area contributed by atoms with Crippen LogP contribution in [-0.4, -0.2) is 164 Å². The summed E-state index contributed by atoms with van der Waals surface area (Å²) in [5.74, 6) is -13.0. The van der Waals surface area contributed by atoms with E-state index < -0.39 is 163 Å². The number of imide groups is 1. The molecule has 1 fully saturated rings. The summed E-state index contributed by atoms with van der Waals surface area (Å²) in [6.07, 6.45) is -1.04. The molecular weight excluding hydrogens is 1090 g/mol. The van der Waals surface area contributed by atoms with Crippen LogP contribution in [0, 0.1) is 29.6 Å². The van der Waals surface area contributed by atoms with Crippen molar-refractivity contribution in [1.82, 2.24) is 41.4 Å². The van der Waals surface area contributed by atoms with Gasteiger partial charge in [-0.15, -0.1) is 11.8 Å². The van der Waals surface area contributed by atoms with E-state index in [-0.39, 0.29) is 88.3 Å². The van der Waals surface area contributed by atoms with Crippen LogP contribution in [0.5, 0.6) is 0 Å². The summed E-state index contributed by atoms with van der Waals surface area (Å²) in [5, 5.41) is 25.4. The van der Waals surface area contributed by atoms with E-state index in [1.165, 1.54) is 0 Å². The first-order valence-corrected chi connectivity index (χ1v) is 29.5. The second-order valence-corrected chi connectivity index (χ2v) is 23.4. The van der Waals surface area contributed by atoms with E-state index in [1.54, 1.807) is 45.9 Å². The van der Waals surface area contributed by atoms with Crippen LogP contribution in [0.1, 0.15) is 123 Å². The fourth-order valence-corrected chi connectivity index (χ4v) is 11.9. The molecule has 1 aromatic carbocycles. The number of nitrogens with zero attached hydrogens (tertiary/aromatic N) is 2. The summed E-state index contributed by atoms with van der Waals surface area (Å²) < 4.78 is 0. The molecule has 83 heavy (non-hydrogen) atoms. The number of Topliss-reactive ketones (excluding diaryl/α,β-unsaturated/α-hetero) is 5. The number of aromatic nitrogens is 1. The van der Waals surface area contributed by atoms with Gasteiger partial charge in [0.2, 0.25) is 41.4 Å². The first-order chi connectivity index (χ1) is 39.4. The highest BCUT2D eigenvalue weighted by atomic mass is 32.2. The highest BCUT2D eigenvalue weighted by molar-refractivity contribution is 7.99. The maximum absolute atomic E-state index is 14.8. The molecule has 2 bridgehead atoms. The number of benzene rings is 1. The van der Waals surface area contributed by atoms with Crippen LogP contribution < -0.4 is 32.3 Å². The van der Waals surface area contributed by atoms with Crippen LogP contribution >= 0.6 is 11.8 Å². The van der Waals surface area contributed by atoms with Crippen molar-refractivity contribution in [3.63, 3.8) is 0 Å². The monoisotopic (exact) mass is 1170 g/mol. The normalized spacial score (nSPS) is 24.8. The molecule has 24 nitrogen and oxygen atoms in total. The minimum Gasteiger partial charge on any atom is -0.391 e. The molecule has 4 aliphatic heterocycles. The Balaban J connectivity index is 1.33. The van der Waals surface area contributed by atoms with Crippen LogP contribution in [0.2, 0.25) is 0 Å². The zero-order chi connectivity index (χ0) is 60.8. The van der Waals surface area contributed by atoms with Gasteiger partial charge in [-0.2, -0.15) is 0 Å². The zero-order valence-electron chi connectivity index (χ0n) is 47.6. The van der Waals surface area contributed by atoms with Gasteiger partial charge in [-0.25, -0.2) is 0 Å². The van der Waals surface area contributed by atoms with Gasteiger partial charge < -0.3 is 47.3 Å². The van der Waals surface area contributed by atoms with E-state index in [9.17, 15) is 72.2 Å². The predicted molar refractivity (Wildman–Crippen MR) is 301 cm³/mol. The van der Waals surface area contributed by atoms with Crippen LogP contribution in [0.15, 0.2) is 35.4 Å². The van der Waals surface area contributed by atoms with E-state index in [4.69, 9.17) is 5.73 Å². The molecule has 4 aliphatic rings. The molecule has 10 atom stereocenters. The lowest BCUT2D eigenvalue weighted by Gasteiger charge is -2.31. The average molecular weight is 1170 g/mol. The Labute approximate surface area is 485 Å². The Bertz CT molecular complexity index is 2900. The summed E-state index contributed by atoms with van der Waals surface area (Å²) in [7, 11) is 0. The molecule has 9 N–H and O–H groups in total. The van der Waals surface area contributed by atoms with Gasteiger partial charge in [0.1, 0.15) is 17.6 Å². The number of hydrogen-bond acceptors (Lipinski definition) is 16. The number of primary amides is 1. The molecule has 1 aromatic heterocycles. The van der Waals surface area contributed by atoms with Crippen LogP contribution in [0.25, 0.3) is 10.9 Å². The molecule has 0 saturated carbocycles. The number of carbonyl (C=O) groups is 14. The molecular formula is C58H77N9O15S. The van der Waals surface area contributed by atoms with E-state index in [0.29, 0.717) is 39.9 Å². The van der Waals surface area contributed by atoms with Gasteiger partial charge in [0.25, 0.3) is 11.8 Å². The molecule has 450 valence electrons. The van der Waals surface area contributed by atoms with Crippen molar-refractivity contribution in [2.24, 2.45) is 35.3 Å². The number of aliphatic hydroxyl groups excluding tert-OH is 1. The number of H-pyrrole nitrogens is 1. The average Bonchev–Trinajstić information content (AvgIpc) is 4.34. The smallest absolute Gasteiger partial charge is 0.253 e. The second-order valence-electron chi connectivity index (χ2n) is 22.4. The molecule has 2 unspecified atom stereocenters. The number of nitrogens with two attached hydrogens (primary N) is 1. The van der Waals surface area contributed by atoms with Crippen molar-refractivity contribution in [2.75, 3.05) is 31.9 Å². The summed E-state index contributed by atoms with van der Waals surface area (Å²) in [4.78, 5) is 195. The minimum absolute atomic E-state index is 0.0587. The Morgan fingerprint density at radius 2 is 1.48 bits per heavy atom. The lowest BCUT2D eigenvalue weighted by molar-refractivity contribution is -0.145. The van der Waals surface area contributed by atoms with E-state index in [2.05, 4.69) is 31.6 Å². The Morgan fingerprint density at radius 1 is 0.795 bits per heavy atom. The predicted octanol–water partition coefficient (Wildman–Crippen LogP) is 0.748. The van der Waals surface area contributed by atoms with E-state index in [1.807, 2.05) is 6.92 Å². The second kappa shape index (κ2) is 29.7. The third-order valence-corrected chi connectivity index (χ3v) is 17.1. The number of hydrogen-bond donors (Lipinski definition) is 8. The van der Waals surface area contributed by atoms with Gasteiger partial charge in [-0.05, 0) is 47.9 Å². The van der Waals surface area contributed by atoms with Gasteiger partial charge in [0, 0.05) is 124 Å². The Kier molecular flexibility index (Phi) is 23.2. The number of ketones is 5. The summed E-state index contributed by atoms with van der Waals surface area (Å²) in [6, 6.07) is 0.156. The molecule has 0 spiro atoms. The zero-order valence-corrected chi connectivity index (χ0v) is 48.5. The highest BCUT2D eigenvalue weighted by Gasteiger charge is 2.44. The maximum atomic E-state index is 14.8. The largest absolute Gasteiger partial charge is 0.391 e. The number of aliphatic hydroxyl groups is 1. The number of aromatic amines is 1. The van der Waals surface area contributed by atoms with Crippen LogP contribution in [0.4, 0.5) is 0 Å².